The molecule has 0 aliphatic carbocycles. The second-order valence-corrected chi connectivity index (χ2v) is 8.45. The lowest BCUT2D eigenvalue weighted by Gasteiger charge is -2.26. The Hall–Kier alpha value is -2.39. The smallest absolute Gasteiger partial charge is 0.214 e. The fraction of sp³-hybridized carbons (Fsp3) is 0.412. The van der Waals surface area contributed by atoms with Gasteiger partial charge in [0, 0.05) is 12.6 Å². The lowest BCUT2D eigenvalue weighted by atomic mass is 10.3. The van der Waals surface area contributed by atoms with Crippen molar-refractivity contribution in [2.75, 3.05) is 19.4 Å². The third kappa shape index (κ3) is 2.97. The van der Waals surface area contributed by atoms with Crippen molar-refractivity contribution in [3.05, 3.63) is 30.0 Å². The number of nitrogens with one attached hydrogen (secondary N) is 1. The number of aromatic nitrogens is 4. The summed E-state index contributed by atoms with van der Waals surface area (Å²) in [7, 11) is -1.58. The van der Waals surface area contributed by atoms with Crippen LogP contribution in [0.2, 0.25) is 0 Å². The number of fused-ring (bicyclic) bond motifs is 2. The Kier molecular flexibility index (Phi) is 4.20. The second kappa shape index (κ2) is 6.40. The van der Waals surface area contributed by atoms with Gasteiger partial charge >= 0.3 is 0 Å². The molecule has 0 spiro atoms. The maximum absolute atomic E-state index is 12.3. The van der Waals surface area contributed by atoms with Crippen molar-refractivity contribution in [2.24, 2.45) is 0 Å². The number of sulfonamides is 1. The van der Waals surface area contributed by atoms with Gasteiger partial charge < -0.3 is 9.72 Å². The molecule has 2 aromatic heterocycles. The molecule has 4 rings (SSSR count). The van der Waals surface area contributed by atoms with Gasteiger partial charge in [0.15, 0.2) is 5.82 Å². The first-order valence-corrected chi connectivity index (χ1v) is 10.2. The average Bonchev–Trinajstić information content (AvgIpc) is 3.23. The Morgan fingerprint density at radius 3 is 2.88 bits per heavy atom. The minimum atomic E-state index is -3.20. The predicted octanol–water partition coefficient (Wildman–Crippen LogP) is 1.99. The molecule has 1 aliphatic heterocycles. The molecule has 0 unspecified atom stereocenters. The van der Waals surface area contributed by atoms with Gasteiger partial charge in [-0.3, -0.25) is 4.68 Å². The van der Waals surface area contributed by atoms with Crippen LogP contribution in [0.5, 0.6) is 5.75 Å². The Labute approximate surface area is 151 Å². The van der Waals surface area contributed by atoms with Crippen LogP contribution < -0.4 is 4.74 Å². The number of hydrogen-bond donors (Lipinski definition) is 1. The van der Waals surface area contributed by atoms with E-state index in [9.17, 15) is 8.42 Å². The number of rotatable bonds is 5. The summed E-state index contributed by atoms with van der Waals surface area (Å²) in [6.45, 7) is 3.23. The highest BCUT2D eigenvalue weighted by Crippen LogP contribution is 2.25. The van der Waals surface area contributed by atoms with Crippen molar-refractivity contribution in [1.29, 1.82) is 0 Å². The van der Waals surface area contributed by atoms with Crippen LogP contribution in [0, 0.1) is 0 Å². The summed E-state index contributed by atoms with van der Waals surface area (Å²) in [5, 5.41) is 4.59. The van der Waals surface area contributed by atoms with Crippen LogP contribution in [0.25, 0.3) is 22.6 Å². The van der Waals surface area contributed by atoms with Crippen LogP contribution in [0.4, 0.5) is 0 Å². The van der Waals surface area contributed by atoms with Crippen molar-refractivity contribution in [1.82, 2.24) is 24.1 Å². The van der Waals surface area contributed by atoms with Crippen LogP contribution in [0.1, 0.15) is 19.0 Å². The van der Waals surface area contributed by atoms with Gasteiger partial charge in [0.1, 0.15) is 11.4 Å². The molecule has 0 saturated heterocycles. The van der Waals surface area contributed by atoms with E-state index in [1.165, 1.54) is 0 Å². The van der Waals surface area contributed by atoms with E-state index in [2.05, 4.69) is 15.1 Å². The average molecular weight is 375 g/mol. The summed E-state index contributed by atoms with van der Waals surface area (Å²) in [6.07, 6.45) is 0.617. The Morgan fingerprint density at radius 2 is 2.12 bits per heavy atom. The van der Waals surface area contributed by atoms with Gasteiger partial charge in [-0.1, -0.05) is 6.92 Å². The number of ether oxygens (including phenoxy) is 1. The normalized spacial score (nSPS) is 15.3. The summed E-state index contributed by atoms with van der Waals surface area (Å²) in [6, 6.07) is 7.55. The number of hydrogen-bond acceptors (Lipinski definition) is 5. The van der Waals surface area contributed by atoms with E-state index in [4.69, 9.17) is 4.74 Å². The number of nitrogens with zero attached hydrogens (tertiary/aromatic N) is 4. The monoisotopic (exact) mass is 375 g/mol. The van der Waals surface area contributed by atoms with Crippen LogP contribution in [-0.2, 0) is 23.1 Å². The first kappa shape index (κ1) is 17.0. The molecule has 0 bridgehead atoms. The molecule has 8 nitrogen and oxygen atoms in total. The Morgan fingerprint density at radius 1 is 1.27 bits per heavy atom. The SMILES string of the molecule is CCCS(=O)(=O)N1CCn2nc(-c3nc4ccc(OC)cc4[nH]3)cc2C1. The fourth-order valence-electron chi connectivity index (χ4n) is 3.22. The van der Waals surface area contributed by atoms with Gasteiger partial charge in [0.25, 0.3) is 0 Å². The highest BCUT2D eigenvalue weighted by molar-refractivity contribution is 7.89. The first-order chi connectivity index (χ1) is 12.5. The number of benzene rings is 1. The van der Waals surface area contributed by atoms with E-state index in [-0.39, 0.29) is 5.75 Å². The summed E-state index contributed by atoms with van der Waals surface area (Å²) < 4.78 is 33.3. The zero-order chi connectivity index (χ0) is 18.3. The van der Waals surface area contributed by atoms with Crippen LogP contribution in [0.3, 0.4) is 0 Å². The number of imidazole rings is 1. The van der Waals surface area contributed by atoms with Crippen molar-refractivity contribution < 1.29 is 13.2 Å². The quantitative estimate of drug-likeness (QED) is 0.736. The molecule has 9 heteroatoms. The molecule has 26 heavy (non-hydrogen) atoms. The van der Waals surface area contributed by atoms with E-state index in [0.717, 1.165) is 22.5 Å². The molecule has 1 aromatic carbocycles. The molecule has 0 atom stereocenters. The predicted molar refractivity (Wildman–Crippen MR) is 98.4 cm³/mol. The molecule has 0 fully saturated rings. The Balaban J connectivity index is 1.64. The molecule has 138 valence electrons. The van der Waals surface area contributed by atoms with Crippen LogP contribution >= 0.6 is 0 Å². The first-order valence-electron chi connectivity index (χ1n) is 8.59. The molecule has 0 radical (unpaired) electrons. The number of methoxy groups -OCH3 is 1. The van der Waals surface area contributed by atoms with E-state index < -0.39 is 10.0 Å². The van der Waals surface area contributed by atoms with Crippen molar-refractivity contribution in [3.63, 3.8) is 0 Å². The minimum absolute atomic E-state index is 0.180. The lowest BCUT2D eigenvalue weighted by Crippen LogP contribution is -2.39. The second-order valence-electron chi connectivity index (χ2n) is 6.36. The maximum Gasteiger partial charge on any atom is 0.214 e. The van der Waals surface area contributed by atoms with Crippen LogP contribution in [0.15, 0.2) is 24.3 Å². The third-order valence-corrected chi connectivity index (χ3v) is 6.57. The van der Waals surface area contributed by atoms with Gasteiger partial charge in [-0.25, -0.2) is 13.4 Å². The summed E-state index contributed by atoms with van der Waals surface area (Å²) >= 11 is 0. The molecule has 3 heterocycles. The topological polar surface area (TPSA) is 93.1 Å². The lowest BCUT2D eigenvalue weighted by molar-refractivity contribution is 0.326. The molecule has 1 N–H and O–H groups in total. The Bertz CT molecular complexity index is 1050. The third-order valence-electron chi connectivity index (χ3n) is 4.55. The summed E-state index contributed by atoms with van der Waals surface area (Å²) in [5.74, 6) is 1.60. The summed E-state index contributed by atoms with van der Waals surface area (Å²) in [5.41, 5.74) is 3.30. The molecule has 3 aromatic rings. The van der Waals surface area contributed by atoms with Gasteiger partial charge in [0.05, 0.1) is 42.7 Å². The van der Waals surface area contributed by atoms with E-state index in [1.54, 1.807) is 11.4 Å². The van der Waals surface area contributed by atoms with Gasteiger partial charge in [-0.15, -0.1) is 0 Å². The molecule has 0 amide bonds. The van der Waals surface area contributed by atoms with Gasteiger partial charge in [-0.2, -0.15) is 9.40 Å². The van der Waals surface area contributed by atoms with Crippen molar-refractivity contribution in [3.8, 4) is 17.3 Å². The maximum atomic E-state index is 12.3. The molecule has 1 aliphatic rings. The molecular weight excluding hydrogens is 354 g/mol. The highest BCUT2D eigenvalue weighted by atomic mass is 32.2. The van der Waals surface area contributed by atoms with Gasteiger partial charge in [0.2, 0.25) is 10.0 Å². The molecular formula is C17H21N5O3S. The zero-order valence-corrected chi connectivity index (χ0v) is 15.6. The summed E-state index contributed by atoms with van der Waals surface area (Å²) in [4.78, 5) is 7.84. The largest absolute Gasteiger partial charge is 0.497 e. The molecule has 0 saturated carbocycles. The van der Waals surface area contributed by atoms with E-state index in [0.29, 0.717) is 37.6 Å². The zero-order valence-electron chi connectivity index (χ0n) is 14.8. The number of H-pyrrole nitrogens is 1. The van der Waals surface area contributed by atoms with Crippen molar-refractivity contribution >= 4 is 21.1 Å². The van der Waals surface area contributed by atoms with E-state index >= 15 is 0 Å². The minimum Gasteiger partial charge on any atom is -0.497 e. The van der Waals surface area contributed by atoms with Crippen molar-refractivity contribution in [2.45, 2.75) is 26.4 Å². The van der Waals surface area contributed by atoms with Crippen LogP contribution in [-0.4, -0.2) is 51.9 Å². The highest BCUT2D eigenvalue weighted by Gasteiger charge is 2.27. The number of aromatic amines is 1. The standard InChI is InChI=1S/C17H21N5O3S/c1-3-8-26(23,24)21-6-7-22-12(11-21)9-16(20-22)17-18-14-5-4-13(25-2)10-15(14)19-17/h4-5,9-10H,3,6-8,11H2,1-2H3,(H,18,19). The van der Waals surface area contributed by atoms with Gasteiger partial charge in [-0.05, 0) is 24.6 Å². The van der Waals surface area contributed by atoms with E-state index in [1.807, 2.05) is 35.9 Å². The fourth-order valence-corrected chi connectivity index (χ4v) is 4.68.